The van der Waals surface area contributed by atoms with Gasteiger partial charge in [0.1, 0.15) is 5.69 Å². The molecule has 1 aliphatic carbocycles. The summed E-state index contributed by atoms with van der Waals surface area (Å²) in [6, 6.07) is 6.75. The molecule has 0 spiro atoms. The highest BCUT2D eigenvalue weighted by Crippen LogP contribution is 2.41. The average Bonchev–Trinajstić information content (AvgIpc) is 2.80. The number of aromatic nitrogens is 1. The summed E-state index contributed by atoms with van der Waals surface area (Å²) in [4.78, 5) is 14.8. The number of carbonyl (C=O) groups is 1. The molecule has 4 nitrogen and oxygen atoms in total. The number of aromatic amines is 1. The van der Waals surface area contributed by atoms with Gasteiger partial charge in [0.15, 0.2) is 0 Å². The molecule has 1 aliphatic heterocycles. The molecule has 2 atom stereocenters. The summed E-state index contributed by atoms with van der Waals surface area (Å²) in [6.07, 6.45) is 3.35. The Kier molecular flexibility index (Phi) is 2.23. The lowest BCUT2D eigenvalue weighted by atomic mass is 9.75. The summed E-state index contributed by atoms with van der Waals surface area (Å²) in [7, 11) is 0. The maximum atomic E-state index is 11.6. The van der Waals surface area contributed by atoms with Crippen LogP contribution in [-0.2, 0) is 6.42 Å². The number of rotatable bonds is 1. The van der Waals surface area contributed by atoms with Crippen molar-refractivity contribution in [3.63, 3.8) is 0 Å². The highest BCUT2D eigenvalue weighted by atomic mass is 16.1. The Bertz CT molecular complexity index is 673. The van der Waals surface area contributed by atoms with Crippen LogP contribution in [0.1, 0.15) is 40.4 Å². The van der Waals surface area contributed by atoms with E-state index in [4.69, 9.17) is 5.73 Å². The molecular weight excluding hydrogens is 238 g/mol. The minimum Gasteiger partial charge on any atom is -0.364 e. The van der Waals surface area contributed by atoms with Crippen molar-refractivity contribution in [2.24, 2.45) is 5.73 Å². The first-order valence-electron chi connectivity index (χ1n) is 6.92. The lowest BCUT2D eigenvalue weighted by molar-refractivity contribution is 0.0995. The van der Waals surface area contributed by atoms with E-state index in [1.165, 1.54) is 23.8 Å². The number of primary amides is 1. The topological polar surface area (TPSA) is 70.9 Å². The van der Waals surface area contributed by atoms with Crippen molar-refractivity contribution in [3.05, 3.63) is 35.0 Å². The van der Waals surface area contributed by atoms with Gasteiger partial charge in [-0.3, -0.25) is 4.79 Å². The maximum absolute atomic E-state index is 11.6. The van der Waals surface area contributed by atoms with Gasteiger partial charge in [0, 0.05) is 22.9 Å². The molecule has 2 aromatic rings. The Hall–Kier alpha value is -1.81. The van der Waals surface area contributed by atoms with Gasteiger partial charge in [-0.25, -0.2) is 0 Å². The predicted molar refractivity (Wildman–Crippen MR) is 74.3 cm³/mol. The SMILES string of the molecule is NC(=O)c1[nH]c2cccc3c2c1C[C@H]1NCCCC31. The van der Waals surface area contributed by atoms with Crippen LogP contribution in [0.5, 0.6) is 0 Å². The number of nitrogens with two attached hydrogens (primary N) is 1. The van der Waals surface area contributed by atoms with Crippen LogP contribution < -0.4 is 11.1 Å². The zero-order chi connectivity index (χ0) is 13.0. The van der Waals surface area contributed by atoms with Crippen molar-refractivity contribution < 1.29 is 4.79 Å². The van der Waals surface area contributed by atoms with E-state index in [1.807, 2.05) is 6.07 Å². The molecule has 19 heavy (non-hydrogen) atoms. The second-order valence-corrected chi connectivity index (χ2v) is 5.63. The van der Waals surface area contributed by atoms with Gasteiger partial charge in [-0.15, -0.1) is 0 Å². The third-order valence-corrected chi connectivity index (χ3v) is 4.61. The minimum absolute atomic E-state index is 0.355. The molecular formula is C15H17N3O. The van der Waals surface area contributed by atoms with Crippen molar-refractivity contribution in [3.8, 4) is 0 Å². The molecule has 1 aromatic heterocycles. The minimum atomic E-state index is -0.355. The molecule has 4 N–H and O–H groups in total. The lowest BCUT2D eigenvalue weighted by Crippen LogP contribution is -2.43. The van der Waals surface area contributed by atoms with E-state index in [0.717, 1.165) is 24.0 Å². The van der Waals surface area contributed by atoms with Crippen LogP contribution in [0, 0.1) is 0 Å². The number of nitrogens with one attached hydrogen (secondary N) is 2. The summed E-state index contributed by atoms with van der Waals surface area (Å²) in [5, 5.41) is 4.83. The van der Waals surface area contributed by atoms with Gasteiger partial charge in [-0.1, -0.05) is 12.1 Å². The van der Waals surface area contributed by atoms with Crippen LogP contribution in [0.25, 0.3) is 10.9 Å². The van der Waals surface area contributed by atoms with Gasteiger partial charge in [0.25, 0.3) is 5.91 Å². The van der Waals surface area contributed by atoms with E-state index < -0.39 is 0 Å². The van der Waals surface area contributed by atoms with E-state index in [0.29, 0.717) is 17.7 Å². The number of amides is 1. The number of hydrogen-bond acceptors (Lipinski definition) is 2. The molecule has 1 aromatic carbocycles. The molecule has 1 amide bonds. The fourth-order valence-electron chi connectivity index (χ4n) is 3.83. The molecule has 4 heteroatoms. The first-order chi connectivity index (χ1) is 9.25. The molecule has 1 unspecified atom stereocenters. The Morgan fingerprint density at radius 1 is 1.37 bits per heavy atom. The quantitative estimate of drug-likeness (QED) is 0.725. The molecule has 4 rings (SSSR count). The van der Waals surface area contributed by atoms with E-state index >= 15 is 0 Å². The summed E-state index contributed by atoms with van der Waals surface area (Å²) in [5.41, 5.74) is 9.62. The summed E-state index contributed by atoms with van der Waals surface area (Å²) >= 11 is 0. The molecule has 2 heterocycles. The zero-order valence-corrected chi connectivity index (χ0v) is 10.7. The molecule has 2 aliphatic rings. The van der Waals surface area contributed by atoms with E-state index in [1.54, 1.807) is 0 Å². The number of fused-ring (bicyclic) bond motifs is 2. The van der Waals surface area contributed by atoms with Gasteiger partial charge in [0.2, 0.25) is 0 Å². The van der Waals surface area contributed by atoms with Crippen molar-refractivity contribution in [1.82, 2.24) is 10.3 Å². The van der Waals surface area contributed by atoms with Crippen molar-refractivity contribution in [2.45, 2.75) is 31.2 Å². The van der Waals surface area contributed by atoms with Crippen LogP contribution in [0.3, 0.4) is 0 Å². The summed E-state index contributed by atoms with van der Waals surface area (Å²) in [6.45, 7) is 1.07. The first kappa shape index (κ1) is 11.1. The molecule has 0 radical (unpaired) electrons. The second-order valence-electron chi connectivity index (χ2n) is 5.63. The van der Waals surface area contributed by atoms with Crippen molar-refractivity contribution in [1.29, 1.82) is 0 Å². The zero-order valence-electron chi connectivity index (χ0n) is 10.7. The fourth-order valence-corrected chi connectivity index (χ4v) is 3.83. The van der Waals surface area contributed by atoms with E-state index in [9.17, 15) is 4.79 Å². The van der Waals surface area contributed by atoms with Crippen LogP contribution in [0.4, 0.5) is 0 Å². The van der Waals surface area contributed by atoms with Crippen LogP contribution in [-0.4, -0.2) is 23.5 Å². The Morgan fingerprint density at radius 2 is 2.26 bits per heavy atom. The number of carbonyl (C=O) groups excluding carboxylic acids is 1. The number of hydrogen-bond donors (Lipinski definition) is 3. The second kappa shape index (κ2) is 3.84. The molecule has 1 fully saturated rings. The van der Waals surface area contributed by atoms with Gasteiger partial charge in [-0.2, -0.15) is 0 Å². The smallest absolute Gasteiger partial charge is 0.265 e. The van der Waals surface area contributed by atoms with Gasteiger partial charge in [0.05, 0.1) is 0 Å². The van der Waals surface area contributed by atoms with Gasteiger partial charge < -0.3 is 16.0 Å². The van der Waals surface area contributed by atoms with Crippen molar-refractivity contribution in [2.75, 3.05) is 6.54 Å². The molecule has 1 saturated heterocycles. The van der Waals surface area contributed by atoms with Crippen LogP contribution in [0.2, 0.25) is 0 Å². The highest BCUT2D eigenvalue weighted by Gasteiger charge is 2.34. The van der Waals surface area contributed by atoms with Gasteiger partial charge >= 0.3 is 0 Å². The summed E-state index contributed by atoms with van der Waals surface area (Å²) < 4.78 is 0. The first-order valence-corrected chi connectivity index (χ1v) is 6.92. The number of benzene rings is 1. The third-order valence-electron chi connectivity index (χ3n) is 4.61. The molecule has 0 saturated carbocycles. The Labute approximate surface area is 111 Å². The fraction of sp³-hybridized carbons (Fsp3) is 0.400. The van der Waals surface area contributed by atoms with Gasteiger partial charge in [-0.05, 0) is 43.0 Å². The molecule has 0 bridgehead atoms. The maximum Gasteiger partial charge on any atom is 0.265 e. The average molecular weight is 255 g/mol. The van der Waals surface area contributed by atoms with E-state index in [2.05, 4.69) is 22.4 Å². The molecule has 98 valence electrons. The summed E-state index contributed by atoms with van der Waals surface area (Å²) in [5.74, 6) is 0.216. The number of H-pyrrole nitrogens is 1. The Balaban J connectivity index is 2.00. The highest BCUT2D eigenvalue weighted by molar-refractivity contribution is 6.02. The normalized spacial score (nSPS) is 25.3. The van der Waals surface area contributed by atoms with Crippen molar-refractivity contribution >= 4 is 16.8 Å². The monoisotopic (exact) mass is 255 g/mol. The number of piperidine rings is 1. The lowest BCUT2D eigenvalue weighted by Gasteiger charge is -2.36. The third kappa shape index (κ3) is 1.46. The predicted octanol–water partition coefficient (Wildman–Crippen LogP) is 1.66. The Morgan fingerprint density at radius 3 is 3.11 bits per heavy atom. The van der Waals surface area contributed by atoms with E-state index in [-0.39, 0.29) is 5.91 Å². The van der Waals surface area contributed by atoms with Crippen LogP contribution >= 0.6 is 0 Å². The largest absolute Gasteiger partial charge is 0.364 e. The standard InChI is InChI=1S/C15H17N3O/c16-15(19)14-10-7-12-8(4-2-6-17-12)9-3-1-5-11(18-14)13(9)10/h1,3,5,8,12,17-18H,2,4,6-7H2,(H2,16,19)/t8?,12-/m1/s1. The van der Waals surface area contributed by atoms with Crippen LogP contribution in [0.15, 0.2) is 18.2 Å².